The lowest BCUT2D eigenvalue weighted by molar-refractivity contribution is 0.202. The summed E-state index contributed by atoms with van der Waals surface area (Å²) >= 11 is 0. The Balaban J connectivity index is 1.77. The number of rotatable bonds is 8. The molecule has 1 aliphatic rings. The molecule has 1 heterocycles. The van der Waals surface area contributed by atoms with Gasteiger partial charge in [-0.3, -0.25) is 0 Å². The molecule has 2 rings (SSSR count). The van der Waals surface area contributed by atoms with Gasteiger partial charge in [0.25, 0.3) is 0 Å². The van der Waals surface area contributed by atoms with E-state index in [1.165, 1.54) is 18.4 Å². The number of benzene rings is 1. The van der Waals surface area contributed by atoms with Gasteiger partial charge in [0.15, 0.2) is 0 Å². The number of ether oxygens (including phenoxy) is 2. The van der Waals surface area contributed by atoms with Crippen molar-refractivity contribution >= 4 is 0 Å². The fourth-order valence-electron chi connectivity index (χ4n) is 1.89. The van der Waals surface area contributed by atoms with Crippen LogP contribution in [0.4, 0.5) is 0 Å². The first-order valence-electron chi connectivity index (χ1n) is 7.22. The molecule has 0 amide bonds. The van der Waals surface area contributed by atoms with Gasteiger partial charge in [-0.2, -0.15) is 0 Å². The highest BCUT2D eigenvalue weighted by Crippen LogP contribution is 2.27. The highest BCUT2D eigenvalue weighted by Gasteiger charge is 2.40. The summed E-state index contributed by atoms with van der Waals surface area (Å²) in [5, 5.41) is 0. The highest BCUT2D eigenvalue weighted by molar-refractivity contribution is 5.29. The second kappa shape index (κ2) is 6.76. The molecule has 1 aromatic carbocycles. The van der Waals surface area contributed by atoms with Gasteiger partial charge in [0.2, 0.25) is 0 Å². The molecule has 0 saturated carbocycles. The Hall–Kier alpha value is -1.28. The molecule has 0 bridgehead atoms. The van der Waals surface area contributed by atoms with E-state index in [9.17, 15) is 0 Å². The Bertz CT molecular complexity index is 419. The molecule has 2 nitrogen and oxygen atoms in total. The largest absolute Gasteiger partial charge is 0.490 e. The Labute approximate surface area is 116 Å². The monoisotopic (exact) mass is 260 g/mol. The lowest BCUT2D eigenvalue weighted by atomic mass is 10.1. The molecule has 1 fully saturated rings. The van der Waals surface area contributed by atoms with Crippen molar-refractivity contribution < 1.29 is 9.47 Å². The summed E-state index contributed by atoms with van der Waals surface area (Å²) in [5.41, 5.74) is 1.29. The summed E-state index contributed by atoms with van der Waals surface area (Å²) in [4.78, 5) is 0. The first-order chi connectivity index (χ1) is 9.22. The van der Waals surface area contributed by atoms with Crippen molar-refractivity contribution in [2.24, 2.45) is 0 Å². The van der Waals surface area contributed by atoms with Crippen molar-refractivity contribution in [1.29, 1.82) is 0 Å². The van der Waals surface area contributed by atoms with Crippen molar-refractivity contribution in [3.63, 3.8) is 0 Å². The molecule has 19 heavy (non-hydrogen) atoms. The Morgan fingerprint density at radius 2 is 2.11 bits per heavy atom. The van der Waals surface area contributed by atoms with Crippen molar-refractivity contribution in [1.82, 2.24) is 0 Å². The van der Waals surface area contributed by atoms with Crippen LogP contribution in [0, 0.1) is 0 Å². The molecule has 1 saturated heterocycles. The Kier molecular flexibility index (Phi) is 5.03. The minimum atomic E-state index is -0.0428. The van der Waals surface area contributed by atoms with Gasteiger partial charge in [-0.05, 0) is 43.9 Å². The fourth-order valence-corrected chi connectivity index (χ4v) is 1.89. The zero-order chi connectivity index (χ0) is 13.6. The molecule has 1 unspecified atom stereocenters. The van der Waals surface area contributed by atoms with Crippen LogP contribution in [0.2, 0.25) is 0 Å². The molecule has 1 aromatic rings. The zero-order valence-electron chi connectivity index (χ0n) is 12.0. The molecule has 0 spiro atoms. The maximum Gasteiger partial charge on any atom is 0.123 e. The quantitative estimate of drug-likeness (QED) is 0.517. The average molecular weight is 260 g/mol. The van der Waals surface area contributed by atoms with E-state index < -0.39 is 0 Å². The van der Waals surface area contributed by atoms with Crippen LogP contribution in [0.15, 0.2) is 36.4 Å². The molecule has 104 valence electrons. The van der Waals surface area contributed by atoms with Gasteiger partial charge < -0.3 is 9.47 Å². The number of epoxide rings is 1. The SMILES string of the molecule is CCC/C=C/CCc1cccc(OCC2(C)CO2)c1. The first-order valence-corrected chi connectivity index (χ1v) is 7.22. The first kappa shape index (κ1) is 14.1. The molecule has 1 aliphatic heterocycles. The van der Waals surface area contributed by atoms with Crippen LogP contribution >= 0.6 is 0 Å². The summed E-state index contributed by atoms with van der Waals surface area (Å²) in [6, 6.07) is 8.38. The third-order valence-corrected chi connectivity index (χ3v) is 3.30. The van der Waals surface area contributed by atoms with Crippen LogP contribution in [-0.2, 0) is 11.2 Å². The van der Waals surface area contributed by atoms with E-state index in [2.05, 4.69) is 44.2 Å². The summed E-state index contributed by atoms with van der Waals surface area (Å²) in [7, 11) is 0. The topological polar surface area (TPSA) is 21.8 Å². The minimum absolute atomic E-state index is 0.0428. The lowest BCUT2D eigenvalue weighted by Gasteiger charge is -2.09. The second-order valence-corrected chi connectivity index (χ2v) is 5.47. The number of hydrogen-bond acceptors (Lipinski definition) is 2. The van der Waals surface area contributed by atoms with Gasteiger partial charge >= 0.3 is 0 Å². The summed E-state index contributed by atoms with van der Waals surface area (Å²) in [6.45, 7) is 5.74. The number of allylic oxidation sites excluding steroid dienone is 2. The molecule has 0 N–H and O–H groups in total. The van der Waals surface area contributed by atoms with Gasteiger partial charge in [-0.25, -0.2) is 0 Å². The van der Waals surface area contributed by atoms with E-state index in [1.54, 1.807) is 0 Å². The Morgan fingerprint density at radius 1 is 1.32 bits per heavy atom. The zero-order valence-corrected chi connectivity index (χ0v) is 12.0. The van der Waals surface area contributed by atoms with E-state index in [1.807, 2.05) is 6.07 Å². The van der Waals surface area contributed by atoms with Gasteiger partial charge in [0.1, 0.15) is 18.0 Å². The third-order valence-electron chi connectivity index (χ3n) is 3.30. The van der Waals surface area contributed by atoms with Gasteiger partial charge in [-0.1, -0.05) is 37.6 Å². The van der Waals surface area contributed by atoms with Crippen LogP contribution in [0.3, 0.4) is 0 Å². The van der Waals surface area contributed by atoms with E-state index in [0.717, 1.165) is 25.2 Å². The van der Waals surface area contributed by atoms with E-state index in [0.29, 0.717) is 6.61 Å². The van der Waals surface area contributed by atoms with Crippen molar-refractivity contribution in [3.05, 3.63) is 42.0 Å². The Morgan fingerprint density at radius 3 is 2.84 bits per heavy atom. The standard InChI is InChI=1S/C17H24O2/c1-3-4-5-6-7-9-15-10-8-11-16(12-15)18-13-17(2)14-19-17/h5-6,8,10-12H,3-4,7,9,13-14H2,1-2H3/b6-5+. The lowest BCUT2D eigenvalue weighted by Crippen LogP contribution is -2.16. The van der Waals surface area contributed by atoms with Crippen LogP contribution in [0.1, 0.15) is 38.7 Å². The minimum Gasteiger partial charge on any atom is -0.490 e. The van der Waals surface area contributed by atoms with E-state index in [4.69, 9.17) is 9.47 Å². The number of hydrogen-bond donors (Lipinski definition) is 0. The summed E-state index contributed by atoms with van der Waals surface area (Å²) in [6.07, 6.45) is 9.12. The highest BCUT2D eigenvalue weighted by atomic mass is 16.6. The van der Waals surface area contributed by atoms with Crippen molar-refractivity contribution in [3.8, 4) is 5.75 Å². The van der Waals surface area contributed by atoms with Gasteiger partial charge in [-0.15, -0.1) is 0 Å². The maximum absolute atomic E-state index is 5.78. The molecule has 1 atom stereocenters. The third kappa shape index (κ3) is 5.07. The molecule has 2 heteroatoms. The average Bonchev–Trinajstić information content (AvgIpc) is 3.15. The molecule has 0 aromatic heterocycles. The van der Waals surface area contributed by atoms with Crippen LogP contribution in [-0.4, -0.2) is 18.8 Å². The summed E-state index contributed by atoms with van der Waals surface area (Å²) in [5.74, 6) is 0.951. The smallest absolute Gasteiger partial charge is 0.123 e. The van der Waals surface area contributed by atoms with E-state index >= 15 is 0 Å². The fraction of sp³-hybridized carbons (Fsp3) is 0.529. The van der Waals surface area contributed by atoms with Crippen LogP contribution in [0.25, 0.3) is 0 Å². The van der Waals surface area contributed by atoms with Crippen LogP contribution < -0.4 is 4.74 Å². The summed E-state index contributed by atoms with van der Waals surface area (Å²) < 4.78 is 11.1. The molecule has 0 aliphatic carbocycles. The number of aryl methyl sites for hydroxylation is 1. The normalized spacial score (nSPS) is 21.8. The predicted molar refractivity (Wildman–Crippen MR) is 78.7 cm³/mol. The number of unbranched alkanes of at least 4 members (excludes halogenated alkanes) is 1. The maximum atomic E-state index is 5.78. The second-order valence-electron chi connectivity index (χ2n) is 5.47. The van der Waals surface area contributed by atoms with Crippen LogP contribution in [0.5, 0.6) is 5.75 Å². The molecular weight excluding hydrogens is 236 g/mol. The predicted octanol–water partition coefficient (Wildman–Crippen LogP) is 4.14. The van der Waals surface area contributed by atoms with Crippen molar-refractivity contribution in [2.75, 3.05) is 13.2 Å². The van der Waals surface area contributed by atoms with E-state index in [-0.39, 0.29) is 5.60 Å². The van der Waals surface area contributed by atoms with Gasteiger partial charge in [0, 0.05) is 0 Å². The van der Waals surface area contributed by atoms with Crippen molar-refractivity contribution in [2.45, 2.75) is 45.1 Å². The molecular formula is C17H24O2. The van der Waals surface area contributed by atoms with Gasteiger partial charge in [0.05, 0.1) is 6.61 Å². The molecule has 0 radical (unpaired) electrons.